The summed E-state index contributed by atoms with van der Waals surface area (Å²) in [7, 11) is 5.62. The molecule has 3 rings (SSSR count). The van der Waals surface area contributed by atoms with E-state index in [1.165, 1.54) is 0 Å². The molecule has 1 fully saturated rings. The van der Waals surface area contributed by atoms with Gasteiger partial charge in [-0.2, -0.15) is 0 Å². The van der Waals surface area contributed by atoms with E-state index in [4.69, 9.17) is 16.3 Å². The summed E-state index contributed by atoms with van der Waals surface area (Å²) in [6.07, 6.45) is 1.58. The van der Waals surface area contributed by atoms with Gasteiger partial charge < -0.3 is 19.9 Å². The quantitative estimate of drug-likeness (QED) is 0.710. The Kier molecular flexibility index (Phi) is 7.93. The van der Waals surface area contributed by atoms with Crippen molar-refractivity contribution < 1.29 is 14.3 Å². The second-order valence-corrected chi connectivity index (χ2v) is 8.50. The first kappa shape index (κ1) is 23.1. The molecule has 1 heterocycles. The minimum absolute atomic E-state index is 0.0181. The van der Waals surface area contributed by atoms with Gasteiger partial charge in [0.05, 0.1) is 19.1 Å². The maximum atomic E-state index is 12.9. The standard InChI is InChI=1S/C24H30ClN3O3/c1-27(2)21(20-8-4-5-9-22(20)31-3)15-26-23(29)18-7-6-14-28(16-18)24(30)17-10-12-19(25)13-11-17/h4-5,8-13,18,21H,6-7,14-16H2,1-3H3,(H,26,29). The van der Waals surface area contributed by atoms with Crippen LogP contribution in [0.2, 0.25) is 5.02 Å². The van der Waals surface area contributed by atoms with Crippen molar-refractivity contribution in [2.24, 2.45) is 5.92 Å². The third kappa shape index (κ3) is 5.77. The summed E-state index contributed by atoms with van der Waals surface area (Å²) in [6, 6.07) is 14.7. The molecular weight excluding hydrogens is 414 g/mol. The SMILES string of the molecule is COc1ccccc1C(CNC(=O)C1CCCN(C(=O)c2ccc(Cl)cc2)C1)N(C)C. The van der Waals surface area contributed by atoms with E-state index in [1.807, 2.05) is 38.4 Å². The van der Waals surface area contributed by atoms with Gasteiger partial charge in [0.2, 0.25) is 5.91 Å². The number of likely N-dealkylation sites (N-methyl/N-ethyl adjacent to an activating group) is 1. The van der Waals surface area contributed by atoms with Crippen LogP contribution in [0.4, 0.5) is 0 Å². The highest BCUT2D eigenvalue weighted by molar-refractivity contribution is 6.30. The van der Waals surface area contributed by atoms with Gasteiger partial charge in [0, 0.05) is 35.8 Å². The lowest BCUT2D eigenvalue weighted by Gasteiger charge is -2.33. The fourth-order valence-corrected chi connectivity index (χ4v) is 4.13. The summed E-state index contributed by atoms with van der Waals surface area (Å²) in [5.41, 5.74) is 1.62. The summed E-state index contributed by atoms with van der Waals surface area (Å²) < 4.78 is 5.50. The molecule has 2 unspecified atom stereocenters. The van der Waals surface area contributed by atoms with Crippen LogP contribution in [0.3, 0.4) is 0 Å². The zero-order chi connectivity index (χ0) is 22.4. The minimum Gasteiger partial charge on any atom is -0.496 e. The second kappa shape index (κ2) is 10.6. The fourth-order valence-electron chi connectivity index (χ4n) is 4.00. The number of carbonyl (C=O) groups excluding carboxylic acids is 2. The van der Waals surface area contributed by atoms with Crippen LogP contribution in [0.25, 0.3) is 0 Å². The Morgan fingerprint density at radius 2 is 1.90 bits per heavy atom. The van der Waals surface area contributed by atoms with Gasteiger partial charge >= 0.3 is 0 Å². The summed E-state index contributed by atoms with van der Waals surface area (Å²) in [6.45, 7) is 1.55. The number of rotatable bonds is 7. The van der Waals surface area contributed by atoms with E-state index >= 15 is 0 Å². The number of ether oxygens (including phenoxy) is 1. The Morgan fingerprint density at radius 1 is 1.19 bits per heavy atom. The first-order chi connectivity index (χ1) is 14.9. The Morgan fingerprint density at radius 3 is 2.58 bits per heavy atom. The van der Waals surface area contributed by atoms with Gasteiger partial charge in [-0.1, -0.05) is 29.8 Å². The predicted molar refractivity (Wildman–Crippen MR) is 123 cm³/mol. The van der Waals surface area contributed by atoms with E-state index in [0.717, 1.165) is 24.2 Å². The molecule has 0 bridgehead atoms. The van der Waals surface area contributed by atoms with Crippen molar-refractivity contribution >= 4 is 23.4 Å². The van der Waals surface area contributed by atoms with Crippen LogP contribution in [0.5, 0.6) is 5.75 Å². The molecule has 0 aliphatic carbocycles. The lowest BCUT2D eigenvalue weighted by molar-refractivity contribution is -0.126. The third-order valence-electron chi connectivity index (χ3n) is 5.76. The number of likely N-dealkylation sites (tertiary alicyclic amines) is 1. The molecule has 2 atom stereocenters. The highest BCUT2D eigenvalue weighted by Crippen LogP contribution is 2.28. The molecular formula is C24H30ClN3O3. The molecule has 7 heteroatoms. The summed E-state index contributed by atoms with van der Waals surface area (Å²) in [5.74, 6) is 0.503. The van der Waals surface area contributed by atoms with Crippen LogP contribution in [-0.2, 0) is 4.79 Å². The van der Waals surface area contributed by atoms with E-state index in [9.17, 15) is 9.59 Å². The molecule has 0 aromatic heterocycles. The average Bonchev–Trinajstić information content (AvgIpc) is 2.79. The van der Waals surface area contributed by atoms with Gasteiger partial charge in [-0.15, -0.1) is 0 Å². The molecule has 0 radical (unpaired) electrons. The molecule has 2 aromatic carbocycles. The van der Waals surface area contributed by atoms with Crippen molar-refractivity contribution in [1.82, 2.24) is 15.1 Å². The first-order valence-electron chi connectivity index (χ1n) is 10.5. The fraction of sp³-hybridized carbons (Fsp3) is 0.417. The summed E-state index contributed by atoms with van der Waals surface area (Å²) in [5, 5.41) is 3.69. The summed E-state index contributed by atoms with van der Waals surface area (Å²) >= 11 is 5.92. The number of hydrogen-bond donors (Lipinski definition) is 1. The molecule has 2 aromatic rings. The zero-order valence-electron chi connectivity index (χ0n) is 18.3. The highest BCUT2D eigenvalue weighted by atomic mass is 35.5. The average molecular weight is 444 g/mol. The Labute approximate surface area is 189 Å². The molecule has 6 nitrogen and oxygen atoms in total. The normalized spacial score (nSPS) is 17.3. The number of benzene rings is 2. The Hall–Kier alpha value is -2.57. The number of hydrogen-bond acceptors (Lipinski definition) is 4. The van der Waals surface area contributed by atoms with Crippen molar-refractivity contribution in [2.45, 2.75) is 18.9 Å². The number of methoxy groups -OCH3 is 1. The van der Waals surface area contributed by atoms with E-state index in [-0.39, 0.29) is 23.8 Å². The monoisotopic (exact) mass is 443 g/mol. The molecule has 1 aliphatic rings. The molecule has 1 N–H and O–H groups in total. The van der Waals surface area contributed by atoms with Crippen LogP contribution >= 0.6 is 11.6 Å². The van der Waals surface area contributed by atoms with Crippen LogP contribution in [0.1, 0.15) is 34.8 Å². The highest BCUT2D eigenvalue weighted by Gasteiger charge is 2.29. The van der Waals surface area contributed by atoms with Crippen molar-refractivity contribution in [3.63, 3.8) is 0 Å². The molecule has 0 saturated carbocycles. The number of nitrogens with zero attached hydrogens (tertiary/aromatic N) is 2. The van der Waals surface area contributed by atoms with Crippen LogP contribution in [-0.4, -0.2) is 62.5 Å². The van der Waals surface area contributed by atoms with E-state index in [2.05, 4.69) is 10.2 Å². The molecule has 0 spiro atoms. The van der Waals surface area contributed by atoms with Gasteiger partial charge in [0.1, 0.15) is 5.75 Å². The maximum absolute atomic E-state index is 12.9. The van der Waals surface area contributed by atoms with E-state index in [1.54, 1.807) is 36.3 Å². The van der Waals surface area contributed by atoms with Crippen molar-refractivity contribution in [3.05, 3.63) is 64.7 Å². The maximum Gasteiger partial charge on any atom is 0.253 e. The largest absolute Gasteiger partial charge is 0.496 e. The van der Waals surface area contributed by atoms with Gasteiger partial charge in [0.15, 0.2) is 0 Å². The first-order valence-corrected chi connectivity index (χ1v) is 10.9. The van der Waals surface area contributed by atoms with Gasteiger partial charge in [-0.05, 0) is 57.3 Å². The van der Waals surface area contributed by atoms with Gasteiger partial charge in [0.25, 0.3) is 5.91 Å². The Bertz CT molecular complexity index is 901. The van der Waals surface area contributed by atoms with E-state index in [0.29, 0.717) is 30.2 Å². The summed E-state index contributed by atoms with van der Waals surface area (Å²) in [4.78, 5) is 29.6. The topological polar surface area (TPSA) is 61.9 Å². The molecule has 2 amide bonds. The van der Waals surface area contributed by atoms with Crippen LogP contribution < -0.4 is 10.1 Å². The number of halogens is 1. The molecule has 1 aliphatic heterocycles. The smallest absolute Gasteiger partial charge is 0.253 e. The number of para-hydroxylation sites is 1. The predicted octanol–water partition coefficient (Wildman–Crippen LogP) is 3.62. The van der Waals surface area contributed by atoms with Crippen molar-refractivity contribution in [3.8, 4) is 5.75 Å². The zero-order valence-corrected chi connectivity index (χ0v) is 19.1. The second-order valence-electron chi connectivity index (χ2n) is 8.06. The third-order valence-corrected chi connectivity index (χ3v) is 6.01. The van der Waals surface area contributed by atoms with Crippen LogP contribution in [0.15, 0.2) is 48.5 Å². The van der Waals surface area contributed by atoms with E-state index < -0.39 is 0 Å². The Balaban J connectivity index is 1.62. The molecule has 31 heavy (non-hydrogen) atoms. The molecule has 166 valence electrons. The van der Waals surface area contributed by atoms with Gasteiger partial charge in [-0.25, -0.2) is 0 Å². The van der Waals surface area contributed by atoms with Crippen molar-refractivity contribution in [1.29, 1.82) is 0 Å². The lowest BCUT2D eigenvalue weighted by atomic mass is 9.96. The number of piperidine rings is 1. The number of carbonyl (C=O) groups is 2. The number of nitrogens with one attached hydrogen (secondary N) is 1. The van der Waals surface area contributed by atoms with Gasteiger partial charge in [-0.3, -0.25) is 9.59 Å². The molecule has 1 saturated heterocycles. The number of amides is 2. The lowest BCUT2D eigenvalue weighted by Crippen LogP contribution is -2.46. The minimum atomic E-state index is -0.217. The van der Waals surface area contributed by atoms with Crippen molar-refractivity contribution in [2.75, 3.05) is 40.8 Å². The van der Waals surface area contributed by atoms with Crippen LogP contribution in [0, 0.1) is 5.92 Å².